The summed E-state index contributed by atoms with van der Waals surface area (Å²) in [5.74, 6) is 0.527. The number of hydrogen-bond acceptors (Lipinski definition) is 3. The second-order valence-electron chi connectivity index (χ2n) is 5.95. The number of thiophene rings is 1. The molecule has 1 amide bonds. The van der Waals surface area contributed by atoms with Crippen LogP contribution in [0.3, 0.4) is 0 Å². The molecule has 126 valence electrons. The molecule has 1 aliphatic rings. The molecule has 1 aliphatic carbocycles. The highest BCUT2D eigenvalue weighted by Gasteiger charge is 2.20. The molecule has 1 atom stereocenters. The number of fused-ring (bicyclic) bond motifs is 1. The largest absolute Gasteiger partial charge is 0.331 e. The van der Waals surface area contributed by atoms with Crippen LogP contribution in [-0.4, -0.2) is 11.0 Å². The van der Waals surface area contributed by atoms with Gasteiger partial charge in [-0.1, -0.05) is 18.5 Å². The Labute approximate surface area is 155 Å². The number of halogens is 1. The molecule has 0 saturated heterocycles. The van der Waals surface area contributed by atoms with Gasteiger partial charge in [0.05, 0.1) is 4.88 Å². The van der Waals surface area contributed by atoms with Gasteiger partial charge in [0.25, 0.3) is 5.91 Å². The quantitative estimate of drug-likeness (QED) is 0.541. The zero-order valence-corrected chi connectivity index (χ0v) is 15.6. The van der Waals surface area contributed by atoms with Crippen molar-refractivity contribution in [2.24, 2.45) is 5.92 Å². The fourth-order valence-electron chi connectivity index (χ4n) is 2.69. The minimum Gasteiger partial charge on any atom is -0.331 e. The first-order valence-electron chi connectivity index (χ1n) is 7.76. The van der Waals surface area contributed by atoms with Crippen molar-refractivity contribution in [2.45, 2.75) is 26.2 Å². The number of amides is 1. The van der Waals surface area contributed by atoms with Crippen molar-refractivity contribution < 1.29 is 4.79 Å². The third kappa shape index (κ3) is 4.26. The van der Waals surface area contributed by atoms with Gasteiger partial charge in [0.15, 0.2) is 5.11 Å². The van der Waals surface area contributed by atoms with Gasteiger partial charge in [0.2, 0.25) is 0 Å². The van der Waals surface area contributed by atoms with E-state index >= 15 is 0 Å². The molecular formula is C17H18ClN3OS2. The van der Waals surface area contributed by atoms with E-state index in [-0.39, 0.29) is 5.91 Å². The van der Waals surface area contributed by atoms with E-state index in [1.54, 1.807) is 23.5 Å². The van der Waals surface area contributed by atoms with E-state index in [1.807, 2.05) is 18.2 Å². The van der Waals surface area contributed by atoms with Crippen molar-refractivity contribution in [1.82, 2.24) is 10.9 Å². The first kappa shape index (κ1) is 17.2. The molecule has 7 heteroatoms. The van der Waals surface area contributed by atoms with Crippen molar-refractivity contribution in [1.29, 1.82) is 0 Å². The maximum Gasteiger partial charge on any atom is 0.279 e. The van der Waals surface area contributed by atoms with Crippen molar-refractivity contribution >= 4 is 51.9 Å². The summed E-state index contributed by atoms with van der Waals surface area (Å²) in [6.45, 7) is 2.25. The third-order valence-corrected chi connectivity index (χ3v) is 5.64. The monoisotopic (exact) mass is 379 g/mol. The molecule has 1 aromatic carbocycles. The number of aryl methyl sites for hydroxylation is 1. The van der Waals surface area contributed by atoms with Crippen LogP contribution in [0.25, 0.3) is 0 Å². The highest BCUT2D eigenvalue weighted by Crippen LogP contribution is 2.32. The van der Waals surface area contributed by atoms with Crippen LogP contribution in [0, 0.1) is 5.92 Å². The van der Waals surface area contributed by atoms with Gasteiger partial charge >= 0.3 is 0 Å². The normalized spacial score (nSPS) is 16.2. The molecule has 0 unspecified atom stereocenters. The maximum absolute atomic E-state index is 12.3. The average Bonchev–Trinajstić information content (AvgIpc) is 2.98. The topological polar surface area (TPSA) is 53.2 Å². The Morgan fingerprint density at radius 3 is 2.79 bits per heavy atom. The molecule has 4 nitrogen and oxygen atoms in total. The molecule has 0 fully saturated rings. The van der Waals surface area contributed by atoms with Crippen LogP contribution in [0.2, 0.25) is 5.02 Å². The SMILES string of the molecule is C[C@H]1CCc2sc(C(=O)NNC(=S)Nc3ccc(Cl)cc3)cc2C1. The van der Waals surface area contributed by atoms with Gasteiger partial charge in [-0.2, -0.15) is 0 Å². The molecule has 0 aliphatic heterocycles. The van der Waals surface area contributed by atoms with Crippen molar-refractivity contribution in [3.63, 3.8) is 0 Å². The lowest BCUT2D eigenvalue weighted by molar-refractivity contribution is 0.0948. The van der Waals surface area contributed by atoms with E-state index in [1.165, 1.54) is 16.9 Å². The molecule has 24 heavy (non-hydrogen) atoms. The number of rotatable bonds is 2. The molecule has 0 radical (unpaired) electrons. The number of anilines is 1. The Balaban J connectivity index is 1.53. The second kappa shape index (κ2) is 7.51. The number of nitrogens with one attached hydrogen (secondary N) is 3. The Morgan fingerprint density at radius 1 is 1.29 bits per heavy atom. The van der Waals surface area contributed by atoms with Gasteiger partial charge in [0, 0.05) is 15.6 Å². The van der Waals surface area contributed by atoms with Crippen LogP contribution in [0.5, 0.6) is 0 Å². The predicted molar refractivity (Wildman–Crippen MR) is 104 cm³/mol. The van der Waals surface area contributed by atoms with E-state index in [0.29, 0.717) is 16.1 Å². The second-order valence-corrected chi connectivity index (χ2v) is 7.93. The summed E-state index contributed by atoms with van der Waals surface area (Å²) in [7, 11) is 0. The van der Waals surface area contributed by atoms with E-state index < -0.39 is 0 Å². The lowest BCUT2D eigenvalue weighted by atomic mass is 9.90. The van der Waals surface area contributed by atoms with Crippen LogP contribution in [0.15, 0.2) is 30.3 Å². The molecular weight excluding hydrogens is 362 g/mol. The maximum atomic E-state index is 12.3. The first-order valence-corrected chi connectivity index (χ1v) is 9.36. The Bertz CT molecular complexity index is 758. The standard InChI is InChI=1S/C17H18ClN3OS2/c1-10-2-7-14-11(8-10)9-15(24-14)16(22)20-21-17(23)19-13-5-3-12(18)4-6-13/h3-6,9-10H,2,7-8H2,1H3,(H,20,22)(H2,19,21,23)/t10-/m0/s1. The van der Waals surface area contributed by atoms with Crippen molar-refractivity contribution in [3.05, 3.63) is 50.7 Å². The molecule has 3 rings (SSSR count). The minimum atomic E-state index is -0.165. The molecule has 2 aromatic rings. The Hall–Kier alpha value is -1.63. The van der Waals surface area contributed by atoms with Crippen LogP contribution in [0.1, 0.15) is 33.5 Å². The van der Waals surface area contributed by atoms with Crippen LogP contribution in [0.4, 0.5) is 5.69 Å². The van der Waals surface area contributed by atoms with Crippen LogP contribution in [-0.2, 0) is 12.8 Å². The summed E-state index contributed by atoms with van der Waals surface area (Å²) in [6.07, 6.45) is 3.32. The fourth-order valence-corrected chi connectivity index (χ4v) is 4.09. The van der Waals surface area contributed by atoms with Gasteiger partial charge in [0.1, 0.15) is 0 Å². The zero-order valence-electron chi connectivity index (χ0n) is 13.2. The van der Waals surface area contributed by atoms with E-state index in [0.717, 1.165) is 23.4 Å². The number of carbonyl (C=O) groups is 1. The summed E-state index contributed by atoms with van der Waals surface area (Å²) < 4.78 is 0. The number of benzene rings is 1. The van der Waals surface area contributed by atoms with E-state index in [9.17, 15) is 4.79 Å². The summed E-state index contributed by atoms with van der Waals surface area (Å²) in [6, 6.07) is 9.16. The number of thiocarbonyl (C=S) groups is 1. The van der Waals surface area contributed by atoms with Gasteiger partial charge in [-0.15, -0.1) is 11.3 Å². The summed E-state index contributed by atoms with van der Waals surface area (Å²) in [5, 5.41) is 3.96. The number of hydrogen-bond donors (Lipinski definition) is 3. The first-order chi connectivity index (χ1) is 11.5. The highest BCUT2D eigenvalue weighted by atomic mass is 35.5. The van der Waals surface area contributed by atoms with Gasteiger partial charge in [-0.3, -0.25) is 15.6 Å². The molecule has 0 bridgehead atoms. The Morgan fingerprint density at radius 2 is 2.04 bits per heavy atom. The predicted octanol–water partition coefficient (Wildman–Crippen LogP) is 4.16. The summed E-state index contributed by atoms with van der Waals surface area (Å²) >= 11 is 12.6. The molecule has 1 heterocycles. The Kier molecular flexibility index (Phi) is 5.38. The third-order valence-electron chi connectivity index (χ3n) is 3.94. The van der Waals surface area contributed by atoms with Gasteiger partial charge < -0.3 is 5.32 Å². The van der Waals surface area contributed by atoms with Crippen LogP contribution >= 0.6 is 35.2 Å². The number of hydrazine groups is 1. The fraction of sp³-hybridized carbons (Fsp3) is 0.294. The van der Waals surface area contributed by atoms with Crippen molar-refractivity contribution in [3.8, 4) is 0 Å². The zero-order chi connectivity index (χ0) is 17.1. The average molecular weight is 380 g/mol. The highest BCUT2D eigenvalue weighted by molar-refractivity contribution is 7.80. The smallest absolute Gasteiger partial charge is 0.279 e. The molecule has 3 N–H and O–H groups in total. The lowest BCUT2D eigenvalue weighted by Crippen LogP contribution is -2.43. The molecule has 0 spiro atoms. The van der Waals surface area contributed by atoms with Crippen molar-refractivity contribution in [2.75, 3.05) is 5.32 Å². The van der Waals surface area contributed by atoms with E-state index in [4.69, 9.17) is 23.8 Å². The summed E-state index contributed by atoms with van der Waals surface area (Å²) in [4.78, 5) is 14.3. The minimum absolute atomic E-state index is 0.165. The number of carbonyl (C=O) groups excluding carboxylic acids is 1. The summed E-state index contributed by atoms with van der Waals surface area (Å²) in [5.41, 5.74) is 7.48. The van der Waals surface area contributed by atoms with Gasteiger partial charge in [-0.05, 0) is 73.3 Å². The van der Waals surface area contributed by atoms with E-state index in [2.05, 4.69) is 23.1 Å². The molecule has 1 aromatic heterocycles. The molecule has 0 saturated carbocycles. The van der Waals surface area contributed by atoms with Gasteiger partial charge in [-0.25, -0.2) is 0 Å². The lowest BCUT2D eigenvalue weighted by Gasteiger charge is -2.16. The van der Waals surface area contributed by atoms with Crippen LogP contribution < -0.4 is 16.2 Å².